The van der Waals surface area contributed by atoms with Crippen molar-refractivity contribution in [3.8, 4) is 11.3 Å². The lowest BCUT2D eigenvalue weighted by Crippen LogP contribution is -2.19. The number of amides is 2. The number of rotatable bonds is 8. The molecule has 0 aliphatic heterocycles. The summed E-state index contributed by atoms with van der Waals surface area (Å²) < 4.78 is 14.0. The molecule has 1 heterocycles. The number of nitrogens with one attached hydrogen (secondary N) is 2. The number of hydrogen-bond acceptors (Lipinski definition) is 5. The molecule has 5 rings (SSSR count). The Bertz CT molecular complexity index is 1600. The first-order chi connectivity index (χ1) is 19.0. The fraction of sp³-hybridized carbons (Fsp3) is 0.0645. The molecule has 0 radical (unpaired) electrons. The normalized spacial score (nSPS) is 11.5. The molecule has 0 spiro atoms. The van der Waals surface area contributed by atoms with Gasteiger partial charge in [-0.05, 0) is 42.8 Å². The van der Waals surface area contributed by atoms with Gasteiger partial charge in [-0.2, -0.15) is 0 Å². The molecule has 2 N–H and O–H groups in total. The van der Waals surface area contributed by atoms with Gasteiger partial charge in [0.05, 0.1) is 11.3 Å². The molecule has 5 nitrogen and oxygen atoms in total. The molecule has 5 aromatic rings. The predicted molar refractivity (Wildman–Crippen MR) is 157 cm³/mol. The van der Waals surface area contributed by atoms with E-state index in [1.54, 1.807) is 24.3 Å². The molecule has 0 fully saturated rings. The summed E-state index contributed by atoms with van der Waals surface area (Å²) in [6, 6.07) is 30.5. The van der Waals surface area contributed by atoms with Crippen molar-refractivity contribution >= 4 is 45.7 Å². The molecular formula is C31H24FN3O2S2. The van der Waals surface area contributed by atoms with Gasteiger partial charge in [0.2, 0.25) is 5.91 Å². The van der Waals surface area contributed by atoms with Gasteiger partial charge in [-0.1, -0.05) is 78.4 Å². The molecule has 8 heteroatoms. The second-order valence-corrected chi connectivity index (χ2v) is 10.8. The van der Waals surface area contributed by atoms with E-state index in [0.29, 0.717) is 10.8 Å². The Kier molecular flexibility index (Phi) is 8.15. The van der Waals surface area contributed by atoms with Crippen LogP contribution in [-0.2, 0) is 4.79 Å². The lowest BCUT2D eigenvalue weighted by atomic mass is 10.1. The second-order valence-electron chi connectivity index (χ2n) is 8.76. The highest BCUT2D eigenvalue weighted by atomic mass is 32.2. The molecule has 1 aromatic heterocycles. The third-order valence-electron chi connectivity index (χ3n) is 5.89. The highest BCUT2D eigenvalue weighted by Gasteiger charge is 2.23. The molecule has 39 heavy (non-hydrogen) atoms. The van der Waals surface area contributed by atoms with Gasteiger partial charge in [0, 0.05) is 21.5 Å². The van der Waals surface area contributed by atoms with Gasteiger partial charge < -0.3 is 10.6 Å². The highest BCUT2D eigenvalue weighted by molar-refractivity contribution is 8.00. The highest BCUT2D eigenvalue weighted by Crippen LogP contribution is 2.38. The summed E-state index contributed by atoms with van der Waals surface area (Å²) in [5, 5.41) is 7.58. The minimum absolute atomic E-state index is 0.0365. The Balaban J connectivity index is 1.34. The zero-order valence-electron chi connectivity index (χ0n) is 20.9. The number of halogens is 1. The van der Waals surface area contributed by atoms with Crippen molar-refractivity contribution in [3.05, 3.63) is 131 Å². The molecule has 194 valence electrons. The Labute approximate surface area is 234 Å². The van der Waals surface area contributed by atoms with E-state index in [0.717, 1.165) is 21.7 Å². The second kappa shape index (κ2) is 12.1. The molecule has 1 atom stereocenters. The molecule has 0 aliphatic rings. The first kappa shape index (κ1) is 26.3. The number of hydrogen-bond donors (Lipinski definition) is 2. The van der Waals surface area contributed by atoms with Crippen LogP contribution in [0.3, 0.4) is 0 Å². The maximum atomic E-state index is 14.0. The smallest absolute Gasteiger partial charge is 0.258 e. The van der Waals surface area contributed by atoms with Crippen LogP contribution in [-0.4, -0.2) is 16.8 Å². The summed E-state index contributed by atoms with van der Waals surface area (Å²) >= 11 is 2.73. The summed E-state index contributed by atoms with van der Waals surface area (Å²) in [5.74, 6) is -1.34. The minimum Gasteiger partial charge on any atom is -0.322 e. The van der Waals surface area contributed by atoms with Gasteiger partial charge in [0.15, 0.2) is 5.13 Å². The van der Waals surface area contributed by atoms with Crippen molar-refractivity contribution in [2.24, 2.45) is 0 Å². The summed E-state index contributed by atoms with van der Waals surface area (Å²) in [4.78, 5) is 31.5. The third-order valence-corrected chi connectivity index (χ3v) is 7.89. The Hall–Kier alpha value is -4.27. The van der Waals surface area contributed by atoms with Crippen LogP contribution in [0.4, 0.5) is 15.2 Å². The SMILES string of the molecule is Cc1ccc(-c2csc(NC(=O)C(Sc3cccc(NC(=O)c4ccccc4F)c3)c3ccccc3)n2)cc1. The van der Waals surface area contributed by atoms with E-state index < -0.39 is 17.0 Å². The zero-order valence-corrected chi connectivity index (χ0v) is 22.6. The number of carbonyl (C=O) groups excluding carboxylic acids is 2. The molecule has 2 amide bonds. The molecule has 1 unspecified atom stereocenters. The molecule has 4 aromatic carbocycles. The van der Waals surface area contributed by atoms with Crippen LogP contribution >= 0.6 is 23.1 Å². The van der Waals surface area contributed by atoms with Crippen molar-refractivity contribution in [1.82, 2.24) is 4.98 Å². The molecule has 0 saturated carbocycles. The maximum absolute atomic E-state index is 14.0. The lowest BCUT2D eigenvalue weighted by molar-refractivity contribution is -0.115. The lowest BCUT2D eigenvalue weighted by Gasteiger charge is -2.17. The first-order valence-corrected chi connectivity index (χ1v) is 13.9. The maximum Gasteiger partial charge on any atom is 0.258 e. The van der Waals surface area contributed by atoms with Crippen molar-refractivity contribution in [2.75, 3.05) is 10.6 Å². The number of aryl methyl sites for hydroxylation is 1. The molecular weight excluding hydrogens is 529 g/mol. The van der Waals surface area contributed by atoms with Crippen molar-refractivity contribution in [1.29, 1.82) is 0 Å². The van der Waals surface area contributed by atoms with E-state index >= 15 is 0 Å². The largest absolute Gasteiger partial charge is 0.322 e. The van der Waals surface area contributed by atoms with Crippen LogP contribution < -0.4 is 10.6 Å². The van der Waals surface area contributed by atoms with Crippen molar-refractivity contribution < 1.29 is 14.0 Å². The van der Waals surface area contributed by atoms with Crippen LogP contribution in [0.25, 0.3) is 11.3 Å². The number of aromatic nitrogens is 1. The summed E-state index contributed by atoms with van der Waals surface area (Å²) in [5.41, 5.74) is 4.25. The number of thiazole rings is 1. The fourth-order valence-corrected chi connectivity index (χ4v) is 5.69. The van der Waals surface area contributed by atoms with Gasteiger partial charge in [-0.15, -0.1) is 23.1 Å². The van der Waals surface area contributed by atoms with Crippen molar-refractivity contribution in [2.45, 2.75) is 17.1 Å². The zero-order chi connectivity index (χ0) is 27.2. The molecule has 0 saturated heterocycles. The summed E-state index contributed by atoms with van der Waals surface area (Å²) in [7, 11) is 0. The third kappa shape index (κ3) is 6.60. The fourth-order valence-electron chi connectivity index (χ4n) is 3.89. The Morgan fingerprint density at radius 2 is 1.62 bits per heavy atom. The van der Waals surface area contributed by atoms with Crippen LogP contribution in [0.1, 0.15) is 26.7 Å². The Morgan fingerprint density at radius 3 is 2.38 bits per heavy atom. The molecule has 0 aliphatic carbocycles. The van der Waals surface area contributed by atoms with E-state index in [2.05, 4.69) is 15.6 Å². The van der Waals surface area contributed by atoms with Gasteiger partial charge in [0.1, 0.15) is 11.1 Å². The van der Waals surface area contributed by atoms with E-state index in [9.17, 15) is 14.0 Å². The number of anilines is 2. The van der Waals surface area contributed by atoms with E-state index in [1.165, 1.54) is 46.9 Å². The average Bonchev–Trinajstić information content (AvgIpc) is 3.41. The standard InChI is InChI=1S/C31H24FN3O2S2/c1-20-14-16-21(17-15-20)27-19-38-31(34-27)35-30(37)28(22-8-3-2-4-9-22)39-24-11-7-10-23(18-24)33-29(36)25-12-5-6-13-26(25)32/h2-19,28H,1H3,(H,33,36)(H,34,35,37). The van der Waals surface area contributed by atoms with Gasteiger partial charge >= 0.3 is 0 Å². The topological polar surface area (TPSA) is 71.1 Å². The molecule has 0 bridgehead atoms. The number of thioether (sulfide) groups is 1. The average molecular weight is 554 g/mol. The summed E-state index contributed by atoms with van der Waals surface area (Å²) in [6.45, 7) is 2.03. The van der Waals surface area contributed by atoms with Crippen molar-refractivity contribution in [3.63, 3.8) is 0 Å². The monoisotopic (exact) mass is 553 g/mol. The van der Waals surface area contributed by atoms with Gasteiger partial charge in [-0.25, -0.2) is 9.37 Å². The van der Waals surface area contributed by atoms with Crippen LogP contribution in [0.5, 0.6) is 0 Å². The quantitative estimate of drug-likeness (QED) is 0.191. The van der Waals surface area contributed by atoms with Gasteiger partial charge in [-0.3, -0.25) is 9.59 Å². The Morgan fingerprint density at radius 1 is 0.872 bits per heavy atom. The van der Waals surface area contributed by atoms with E-state index in [1.807, 2.05) is 73.0 Å². The van der Waals surface area contributed by atoms with Crippen LogP contribution in [0.15, 0.2) is 113 Å². The first-order valence-electron chi connectivity index (χ1n) is 12.2. The van der Waals surface area contributed by atoms with E-state index in [4.69, 9.17) is 0 Å². The predicted octanol–water partition coefficient (Wildman–Crippen LogP) is 7.98. The van der Waals surface area contributed by atoms with Crippen LogP contribution in [0, 0.1) is 12.7 Å². The van der Waals surface area contributed by atoms with Crippen LogP contribution in [0.2, 0.25) is 0 Å². The summed E-state index contributed by atoms with van der Waals surface area (Å²) in [6.07, 6.45) is 0. The number of carbonyl (C=O) groups is 2. The number of nitrogens with zero attached hydrogens (tertiary/aromatic N) is 1. The van der Waals surface area contributed by atoms with Gasteiger partial charge in [0.25, 0.3) is 5.91 Å². The van der Waals surface area contributed by atoms with E-state index in [-0.39, 0.29) is 11.5 Å². The number of benzene rings is 4. The minimum atomic E-state index is -0.589.